The summed E-state index contributed by atoms with van der Waals surface area (Å²) in [6.07, 6.45) is 0. The molecule has 0 aliphatic heterocycles. The lowest BCUT2D eigenvalue weighted by Crippen LogP contribution is -1.88. The van der Waals surface area contributed by atoms with Crippen LogP contribution in [0.5, 0.6) is 5.75 Å². The van der Waals surface area contributed by atoms with Crippen molar-refractivity contribution >= 4 is 27.2 Å². The zero-order chi connectivity index (χ0) is 8.55. The van der Waals surface area contributed by atoms with Crippen molar-refractivity contribution in [1.82, 2.24) is 4.98 Å². The second-order valence-corrected chi connectivity index (χ2v) is 3.28. The first-order chi connectivity index (χ1) is 5.81. The molecule has 1 aromatic carbocycles. The van der Waals surface area contributed by atoms with Gasteiger partial charge in [-0.1, -0.05) is 0 Å². The van der Waals surface area contributed by atoms with Crippen molar-refractivity contribution in [2.24, 2.45) is 0 Å². The zero-order valence-electron chi connectivity index (χ0n) is 6.57. The molecule has 0 atom stereocenters. The Labute approximate surface area is 73.8 Å². The Balaban J connectivity index is 2.80. The third-order valence-electron chi connectivity index (χ3n) is 1.64. The molecule has 0 aliphatic rings. The van der Waals surface area contributed by atoms with Crippen molar-refractivity contribution in [3.63, 3.8) is 0 Å². The van der Waals surface area contributed by atoms with Gasteiger partial charge in [0.2, 0.25) is 0 Å². The van der Waals surface area contributed by atoms with Crippen molar-refractivity contribution < 1.29 is 4.74 Å². The molecule has 4 heteroatoms. The van der Waals surface area contributed by atoms with Crippen LogP contribution in [-0.4, -0.2) is 12.1 Å². The fourth-order valence-corrected chi connectivity index (χ4v) is 1.87. The fourth-order valence-electron chi connectivity index (χ4n) is 1.11. The highest BCUT2D eigenvalue weighted by Crippen LogP contribution is 2.30. The van der Waals surface area contributed by atoms with Gasteiger partial charge >= 0.3 is 0 Å². The normalized spacial score (nSPS) is 10.4. The number of nitrogen functional groups attached to an aromatic ring is 1. The Morgan fingerprint density at radius 3 is 3.08 bits per heavy atom. The van der Waals surface area contributed by atoms with E-state index < -0.39 is 0 Å². The molecule has 12 heavy (non-hydrogen) atoms. The number of benzene rings is 1. The van der Waals surface area contributed by atoms with E-state index in [-0.39, 0.29) is 0 Å². The van der Waals surface area contributed by atoms with Gasteiger partial charge in [0.15, 0.2) is 0 Å². The minimum absolute atomic E-state index is 0.685. The molecule has 0 spiro atoms. The van der Waals surface area contributed by atoms with E-state index in [4.69, 9.17) is 10.5 Å². The first-order valence-electron chi connectivity index (χ1n) is 3.48. The SMILES string of the molecule is COc1cc(N)cc2ncsc12. The molecule has 0 bridgehead atoms. The van der Waals surface area contributed by atoms with Crippen LogP contribution >= 0.6 is 11.3 Å². The summed E-state index contributed by atoms with van der Waals surface area (Å²) < 4.78 is 6.20. The summed E-state index contributed by atoms with van der Waals surface area (Å²) in [7, 11) is 1.63. The minimum atomic E-state index is 0.685. The fraction of sp³-hybridized carbons (Fsp3) is 0.125. The van der Waals surface area contributed by atoms with E-state index in [0.29, 0.717) is 5.69 Å². The van der Waals surface area contributed by atoms with E-state index in [9.17, 15) is 0 Å². The number of anilines is 1. The van der Waals surface area contributed by atoms with Crippen LogP contribution in [0.25, 0.3) is 10.2 Å². The number of methoxy groups -OCH3 is 1. The van der Waals surface area contributed by atoms with Crippen LogP contribution in [0.3, 0.4) is 0 Å². The largest absolute Gasteiger partial charge is 0.495 e. The number of thiazole rings is 1. The Morgan fingerprint density at radius 2 is 2.33 bits per heavy atom. The smallest absolute Gasteiger partial charge is 0.140 e. The van der Waals surface area contributed by atoms with Crippen molar-refractivity contribution in [3.05, 3.63) is 17.6 Å². The molecule has 2 rings (SSSR count). The molecular weight excluding hydrogens is 172 g/mol. The number of aromatic nitrogens is 1. The number of nitrogens with zero attached hydrogens (tertiary/aromatic N) is 1. The van der Waals surface area contributed by atoms with Crippen molar-refractivity contribution in [1.29, 1.82) is 0 Å². The summed E-state index contributed by atoms with van der Waals surface area (Å²) in [5, 5.41) is 0. The standard InChI is InChI=1S/C8H8N2OS/c1-11-7-3-5(9)2-6-8(7)12-4-10-6/h2-4H,9H2,1H3. The van der Waals surface area contributed by atoms with Gasteiger partial charge in [0.1, 0.15) is 5.75 Å². The topological polar surface area (TPSA) is 48.1 Å². The Hall–Kier alpha value is -1.29. The summed E-state index contributed by atoms with van der Waals surface area (Å²) in [5.74, 6) is 0.799. The molecule has 2 N–H and O–H groups in total. The number of hydrogen-bond acceptors (Lipinski definition) is 4. The molecule has 3 nitrogen and oxygen atoms in total. The summed E-state index contributed by atoms with van der Waals surface area (Å²) >= 11 is 1.56. The quantitative estimate of drug-likeness (QED) is 0.682. The molecule has 0 fully saturated rings. The number of rotatable bonds is 1. The van der Waals surface area contributed by atoms with Crippen molar-refractivity contribution in [2.75, 3.05) is 12.8 Å². The van der Waals surface area contributed by atoms with Gasteiger partial charge in [-0.2, -0.15) is 0 Å². The highest BCUT2D eigenvalue weighted by atomic mass is 32.1. The number of fused-ring (bicyclic) bond motifs is 1. The molecular formula is C8H8N2OS. The van der Waals surface area contributed by atoms with Crippen LogP contribution < -0.4 is 10.5 Å². The minimum Gasteiger partial charge on any atom is -0.495 e. The summed E-state index contributed by atoms with van der Waals surface area (Å²) in [5.41, 5.74) is 9.01. The third kappa shape index (κ3) is 1.00. The molecule has 1 heterocycles. The Bertz CT molecular complexity index is 410. The van der Waals surface area contributed by atoms with Gasteiger partial charge in [-0.3, -0.25) is 0 Å². The maximum atomic E-state index is 5.64. The lowest BCUT2D eigenvalue weighted by Gasteiger charge is -2.01. The van der Waals surface area contributed by atoms with E-state index in [1.54, 1.807) is 30.0 Å². The Morgan fingerprint density at radius 1 is 1.50 bits per heavy atom. The molecule has 1 aromatic heterocycles. The van der Waals surface area contributed by atoms with Gasteiger partial charge < -0.3 is 10.5 Å². The van der Waals surface area contributed by atoms with Crippen LogP contribution in [0.4, 0.5) is 5.69 Å². The molecule has 2 aromatic rings. The zero-order valence-corrected chi connectivity index (χ0v) is 7.39. The summed E-state index contributed by atoms with van der Waals surface area (Å²) in [6.45, 7) is 0. The number of hydrogen-bond donors (Lipinski definition) is 1. The van der Waals surface area contributed by atoms with Gasteiger partial charge in [0.05, 0.1) is 22.8 Å². The number of ether oxygens (including phenoxy) is 1. The van der Waals surface area contributed by atoms with Crippen LogP contribution in [0.1, 0.15) is 0 Å². The van der Waals surface area contributed by atoms with Gasteiger partial charge in [-0.25, -0.2) is 4.98 Å². The Kier molecular flexibility index (Phi) is 1.62. The molecule has 0 saturated heterocycles. The van der Waals surface area contributed by atoms with E-state index in [1.807, 2.05) is 6.07 Å². The monoisotopic (exact) mass is 180 g/mol. The molecule has 0 radical (unpaired) electrons. The molecule has 0 aliphatic carbocycles. The van der Waals surface area contributed by atoms with E-state index in [1.165, 1.54) is 0 Å². The lowest BCUT2D eigenvalue weighted by atomic mass is 10.3. The van der Waals surface area contributed by atoms with E-state index >= 15 is 0 Å². The number of nitrogens with two attached hydrogens (primary N) is 1. The van der Waals surface area contributed by atoms with Crippen LogP contribution in [0, 0.1) is 0 Å². The highest BCUT2D eigenvalue weighted by Gasteiger charge is 2.04. The second kappa shape index (κ2) is 2.64. The van der Waals surface area contributed by atoms with E-state index in [2.05, 4.69) is 4.98 Å². The average molecular weight is 180 g/mol. The predicted molar refractivity (Wildman–Crippen MR) is 50.6 cm³/mol. The molecule has 0 amide bonds. The first-order valence-corrected chi connectivity index (χ1v) is 4.36. The maximum absolute atomic E-state index is 5.64. The van der Waals surface area contributed by atoms with E-state index in [0.717, 1.165) is 16.0 Å². The lowest BCUT2D eigenvalue weighted by molar-refractivity contribution is 0.420. The van der Waals surface area contributed by atoms with Crippen molar-refractivity contribution in [2.45, 2.75) is 0 Å². The molecule has 0 unspecified atom stereocenters. The van der Waals surface area contributed by atoms with Crippen LogP contribution in [0.2, 0.25) is 0 Å². The van der Waals surface area contributed by atoms with Gasteiger partial charge in [0, 0.05) is 11.8 Å². The average Bonchev–Trinajstić information content (AvgIpc) is 2.50. The summed E-state index contributed by atoms with van der Waals surface area (Å²) in [6, 6.07) is 3.65. The predicted octanol–water partition coefficient (Wildman–Crippen LogP) is 1.89. The first kappa shape index (κ1) is 7.36. The second-order valence-electron chi connectivity index (χ2n) is 2.42. The highest BCUT2D eigenvalue weighted by molar-refractivity contribution is 7.17. The van der Waals surface area contributed by atoms with Gasteiger partial charge in [-0.15, -0.1) is 11.3 Å². The maximum Gasteiger partial charge on any atom is 0.140 e. The molecule has 0 saturated carbocycles. The van der Waals surface area contributed by atoms with Gasteiger partial charge in [0.25, 0.3) is 0 Å². The van der Waals surface area contributed by atoms with Crippen LogP contribution in [-0.2, 0) is 0 Å². The van der Waals surface area contributed by atoms with Gasteiger partial charge in [-0.05, 0) is 6.07 Å². The third-order valence-corrected chi connectivity index (χ3v) is 2.50. The molecule has 62 valence electrons. The summed E-state index contributed by atoms with van der Waals surface area (Å²) in [4.78, 5) is 4.15. The van der Waals surface area contributed by atoms with Crippen LogP contribution in [0.15, 0.2) is 17.6 Å². The van der Waals surface area contributed by atoms with Crippen molar-refractivity contribution in [3.8, 4) is 5.75 Å².